The Bertz CT molecular complexity index is 660. The second-order valence-corrected chi connectivity index (χ2v) is 4.10. The molecule has 2 aromatic carbocycles. The van der Waals surface area contributed by atoms with Crippen molar-refractivity contribution in [2.75, 3.05) is 0 Å². The number of phenols is 1. The third-order valence-corrected chi connectivity index (χ3v) is 2.85. The van der Waals surface area contributed by atoms with Crippen LogP contribution in [-0.2, 0) is 0 Å². The molecule has 88 valence electrons. The highest BCUT2D eigenvalue weighted by molar-refractivity contribution is 5.71. The molecule has 2 N–H and O–H groups in total. The summed E-state index contributed by atoms with van der Waals surface area (Å²) in [5.74, 6) is 0.277. The molecule has 0 saturated carbocycles. The number of hydrogen-bond acceptors (Lipinski definition) is 2. The van der Waals surface area contributed by atoms with Crippen molar-refractivity contribution in [1.29, 1.82) is 0 Å². The van der Waals surface area contributed by atoms with E-state index in [9.17, 15) is 5.11 Å². The van der Waals surface area contributed by atoms with Crippen molar-refractivity contribution in [2.45, 2.75) is 0 Å². The summed E-state index contributed by atoms with van der Waals surface area (Å²) in [4.78, 5) is 0. The maximum atomic E-state index is 9.51. The number of nitrogens with zero attached hydrogens (tertiary/aromatic N) is 1. The summed E-state index contributed by atoms with van der Waals surface area (Å²) >= 11 is 0. The van der Waals surface area contributed by atoms with E-state index < -0.39 is 0 Å². The van der Waals surface area contributed by atoms with E-state index in [1.54, 1.807) is 18.3 Å². The highest BCUT2D eigenvalue weighted by Crippen LogP contribution is 2.27. The molecular formula is C15H12N2O. The molecule has 0 amide bonds. The fourth-order valence-corrected chi connectivity index (χ4v) is 1.97. The van der Waals surface area contributed by atoms with Gasteiger partial charge in [0.25, 0.3) is 0 Å². The average Bonchev–Trinajstić information content (AvgIpc) is 2.93. The van der Waals surface area contributed by atoms with Crippen LogP contribution in [0.2, 0.25) is 0 Å². The van der Waals surface area contributed by atoms with E-state index in [0.29, 0.717) is 0 Å². The lowest BCUT2D eigenvalue weighted by atomic mass is 10.0. The quantitative estimate of drug-likeness (QED) is 0.716. The normalized spacial score (nSPS) is 10.4. The van der Waals surface area contributed by atoms with Crippen molar-refractivity contribution in [3.05, 3.63) is 60.8 Å². The molecule has 3 rings (SSSR count). The van der Waals surface area contributed by atoms with Gasteiger partial charge in [0, 0.05) is 11.8 Å². The van der Waals surface area contributed by atoms with Gasteiger partial charge in [-0.3, -0.25) is 5.10 Å². The van der Waals surface area contributed by atoms with Crippen LogP contribution in [0.1, 0.15) is 0 Å². The van der Waals surface area contributed by atoms with Gasteiger partial charge in [-0.1, -0.05) is 30.3 Å². The van der Waals surface area contributed by atoms with Crippen molar-refractivity contribution < 1.29 is 5.11 Å². The summed E-state index contributed by atoms with van der Waals surface area (Å²) in [7, 11) is 0. The molecule has 0 aliphatic rings. The van der Waals surface area contributed by atoms with E-state index in [-0.39, 0.29) is 5.75 Å². The topological polar surface area (TPSA) is 48.9 Å². The smallest absolute Gasteiger partial charge is 0.116 e. The van der Waals surface area contributed by atoms with Gasteiger partial charge in [0.05, 0.1) is 5.69 Å². The minimum absolute atomic E-state index is 0.277. The zero-order valence-corrected chi connectivity index (χ0v) is 9.67. The van der Waals surface area contributed by atoms with Gasteiger partial charge in [-0.25, -0.2) is 0 Å². The van der Waals surface area contributed by atoms with Gasteiger partial charge in [-0.2, -0.15) is 5.10 Å². The summed E-state index contributed by atoms with van der Waals surface area (Å²) in [6, 6.07) is 17.3. The number of phenolic OH excluding ortho intramolecular Hbond substituents is 1. The van der Waals surface area contributed by atoms with E-state index in [0.717, 1.165) is 22.4 Å². The molecule has 0 saturated heterocycles. The van der Waals surface area contributed by atoms with Crippen molar-refractivity contribution in [1.82, 2.24) is 10.2 Å². The summed E-state index contributed by atoms with van der Waals surface area (Å²) in [6.45, 7) is 0. The molecule has 1 heterocycles. The van der Waals surface area contributed by atoms with Crippen LogP contribution < -0.4 is 0 Å². The van der Waals surface area contributed by atoms with Crippen LogP contribution in [0.5, 0.6) is 5.75 Å². The third kappa shape index (κ3) is 1.98. The van der Waals surface area contributed by atoms with E-state index in [1.807, 2.05) is 36.4 Å². The first-order valence-corrected chi connectivity index (χ1v) is 5.72. The molecule has 3 aromatic rings. The number of hydrogen-bond donors (Lipinski definition) is 2. The summed E-state index contributed by atoms with van der Waals surface area (Å²) < 4.78 is 0. The molecule has 0 bridgehead atoms. The fourth-order valence-electron chi connectivity index (χ4n) is 1.97. The van der Waals surface area contributed by atoms with Gasteiger partial charge in [-0.15, -0.1) is 0 Å². The lowest BCUT2D eigenvalue weighted by Gasteiger charge is -2.04. The number of aromatic amines is 1. The molecule has 0 aliphatic carbocycles. The molecule has 3 nitrogen and oxygen atoms in total. The molecule has 18 heavy (non-hydrogen) atoms. The molecule has 0 spiro atoms. The van der Waals surface area contributed by atoms with Gasteiger partial charge >= 0.3 is 0 Å². The van der Waals surface area contributed by atoms with E-state index in [2.05, 4.69) is 16.3 Å². The van der Waals surface area contributed by atoms with E-state index >= 15 is 0 Å². The van der Waals surface area contributed by atoms with Crippen LogP contribution in [0.15, 0.2) is 60.8 Å². The van der Waals surface area contributed by atoms with E-state index in [4.69, 9.17) is 0 Å². The molecule has 0 aliphatic heterocycles. The number of aromatic nitrogens is 2. The fraction of sp³-hybridized carbons (Fsp3) is 0. The van der Waals surface area contributed by atoms with Gasteiger partial charge in [0.2, 0.25) is 0 Å². The lowest BCUT2D eigenvalue weighted by Crippen LogP contribution is -1.81. The second kappa shape index (κ2) is 4.37. The maximum Gasteiger partial charge on any atom is 0.116 e. The third-order valence-electron chi connectivity index (χ3n) is 2.85. The molecule has 0 fully saturated rings. The summed E-state index contributed by atoms with van der Waals surface area (Å²) in [5.41, 5.74) is 4.12. The Labute approximate surface area is 105 Å². The zero-order chi connectivity index (χ0) is 12.4. The van der Waals surface area contributed by atoms with Crippen LogP contribution in [0.25, 0.3) is 22.4 Å². The predicted molar refractivity (Wildman–Crippen MR) is 71.1 cm³/mol. The standard InChI is InChI=1S/C15H12N2O/c18-14-6-2-4-12(10-14)11-3-1-5-13(9-11)15-7-8-16-17-15/h1-10,18H,(H,16,17). The maximum absolute atomic E-state index is 9.51. The SMILES string of the molecule is Oc1cccc(-c2cccc(-c3ccn[nH]3)c2)c1. The molecule has 1 aromatic heterocycles. The molecule has 3 heteroatoms. The van der Waals surface area contributed by atoms with Gasteiger partial charge in [-0.05, 0) is 35.4 Å². The van der Waals surface area contributed by atoms with Gasteiger partial charge < -0.3 is 5.11 Å². The minimum atomic E-state index is 0.277. The van der Waals surface area contributed by atoms with Gasteiger partial charge in [0.15, 0.2) is 0 Å². The molecule has 0 unspecified atom stereocenters. The van der Waals surface area contributed by atoms with Crippen LogP contribution in [-0.4, -0.2) is 15.3 Å². The van der Waals surface area contributed by atoms with Crippen molar-refractivity contribution in [3.8, 4) is 28.1 Å². The first-order chi connectivity index (χ1) is 8.83. The van der Waals surface area contributed by atoms with Crippen LogP contribution in [0.3, 0.4) is 0 Å². The van der Waals surface area contributed by atoms with Crippen LogP contribution >= 0.6 is 0 Å². The first kappa shape index (κ1) is 10.6. The zero-order valence-electron chi connectivity index (χ0n) is 9.67. The molecule has 0 radical (unpaired) electrons. The highest BCUT2D eigenvalue weighted by atomic mass is 16.3. The Morgan fingerprint density at radius 2 is 1.56 bits per heavy atom. The number of benzene rings is 2. The lowest BCUT2D eigenvalue weighted by molar-refractivity contribution is 0.475. The summed E-state index contributed by atoms with van der Waals surface area (Å²) in [6.07, 6.45) is 1.73. The monoisotopic (exact) mass is 236 g/mol. The van der Waals surface area contributed by atoms with Crippen LogP contribution in [0, 0.1) is 0 Å². The Morgan fingerprint density at radius 3 is 2.28 bits per heavy atom. The van der Waals surface area contributed by atoms with E-state index in [1.165, 1.54) is 0 Å². The molecule has 0 atom stereocenters. The van der Waals surface area contributed by atoms with Gasteiger partial charge in [0.1, 0.15) is 5.75 Å². The highest BCUT2D eigenvalue weighted by Gasteiger charge is 2.02. The van der Waals surface area contributed by atoms with Crippen molar-refractivity contribution in [2.24, 2.45) is 0 Å². The van der Waals surface area contributed by atoms with Crippen LogP contribution in [0.4, 0.5) is 0 Å². The Morgan fingerprint density at radius 1 is 0.833 bits per heavy atom. The number of H-pyrrole nitrogens is 1. The van der Waals surface area contributed by atoms with Crippen molar-refractivity contribution >= 4 is 0 Å². The Balaban J connectivity index is 2.06. The van der Waals surface area contributed by atoms with Crippen molar-refractivity contribution in [3.63, 3.8) is 0 Å². The minimum Gasteiger partial charge on any atom is -0.508 e. The largest absolute Gasteiger partial charge is 0.508 e. The molecular weight excluding hydrogens is 224 g/mol. The second-order valence-electron chi connectivity index (χ2n) is 4.10. The predicted octanol–water partition coefficient (Wildman–Crippen LogP) is 3.45. The summed E-state index contributed by atoms with van der Waals surface area (Å²) in [5, 5.41) is 16.4. The number of rotatable bonds is 2. The number of aromatic hydroxyl groups is 1. The Kier molecular flexibility index (Phi) is 2.57. The first-order valence-electron chi connectivity index (χ1n) is 5.72. The number of nitrogens with one attached hydrogen (secondary N) is 1. The average molecular weight is 236 g/mol. The Hall–Kier alpha value is -2.55.